The van der Waals surface area contributed by atoms with Crippen molar-refractivity contribution in [3.8, 4) is 5.75 Å². The van der Waals surface area contributed by atoms with Crippen molar-refractivity contribution in [2.24, 2.45) is 0 Å². The van der Waals surface area contributed by atoms with Crippen molar-refractivity contribution >= 4 is 5.69 Å². The zero-order valence-corrected chi connectivity index (χ0v) is 11.7. The average Bonchev–Trinajstić information content (AvgIpc) is 2.94. The van der Waals surface area contributed by atoms with E-state index in [4.69, 9.17) is 10.5 Å². The van der Waals surface area contributed by atoms with E-state index in [1.165, 1.54) is 0 Å². The highest BCUT2D eigenvalue weighted by Gasteiger charge is 2.20. The lowest BCUT2D eigenvalue weighted by Gasteiger charge is -2.28. The van der Waals surface area contributed by atoms with E-state index in [1.54, 1.807) is 18.5 Å². The molecule has 112 valence electrons. The first-order valence-corrected chi connectivity index (χ1v) is 6.97. The number of β-amino-alcohol motifs (C(OH)–C–C–N with tert-alkyl or cyclic N) is 1. The molecule has 7 nitrogen and oxygen atoms in total. The first-order chi connectivity index (χ1) is 10.2. The Morgan fingerprint density at radius 3 is 3.05 bits per heavy atom. The summed E-state index contributed by atoms with van der Waals surface area (Å²) in [5.41, 5.74) is 6.38. The van der Waals surface area contributed by atoms with Gasteiger partial charge < -0.3 is 20.1 Å². The van der Waals surface area contributed by atoms with E-state index in [-0.39, 0.29) is 6.61 Å². The molecule has 1 unspecified atom stereocenters. The van der Waals surface area contributed by atoms with Gasteiger partial charge in [0.2, 0.25) is 0 Å². The molecule has 0 saturated heterocycles. The highest BCUT2D eigenvalue weighted by atomic mass is 16.5. The Bertz CT molecular complexity index is 601. The third-order valence-corrected chi connectivity index (χ3v) is 3.54. The Balaban J connectivity index is 1.49. The van der Waals surface area contributed by atoms with Gasteiger partial charge in [0.25, 0.3) is 0 Å². The summed E-state index contributed by atoms with van der Waals surface area (Å²) in [4.78, 5) is 2.15. The summed E-state index contributed by atoms with van der Waals surface area (Å²) in [7, 11) is 0. The molecule has 0 fully saturated rings. The number of hydrogen-bond donors (Lipinski definition) is 2. The minimum atomic E-state index is -0.570. The molecule has 3 N–H and O–H groups in total. The van der Waals surface area contributed by atoms with E-state index in [2.05, 4.69) is 15.1 Å². The van der Waals surface area contributed by atoms with E-state index < -0.39 is 6.10 Å². The fourth-order valence-corrected chi connectivity index (χ4v) is 2.42. The monoisotopic (exact) mass is 289 g/mol. The number of nitrogens with zero attached hydrogens (tertiary/aromatic N) is 4. The molecule has 0 bridgehead atoms. The van der Waals surface area contributed by atoms with Gasteiger partial charge in [-0.1, -0.05) is 12.1 Å². The number of aliphatic hydroxyl groups is 1. The van der Waals surface area contributed by atoms with Gasteiger partial charge in [0.15, 0.2) is 0 Å². The summed E-state index contributed by atoms with van der Waals surface area (Å²) in [5, 5.41) is 18.1. The molecule has 0 aliphatic carbocycles. The minimum absolute atomic E-state index is 0.220. The molecular weight excluding hydrogens is 270 g/mol. The fourth-order valence-electron chi connectivity index (χ4n) is 2.42. The van der Waals surface area contributed by atoms with E-state index in [9.17, 15) is 5.11 Å². The maximum atomic E-state index is 10.1. The van der Waals surface area contributed by atoms with Crippen LogP contribution >= 0.6 is 0 Å². The lowest BCUT2D eigenvalue weighted by Crippen LogP contribution is -2.40. The largest absolute Gasteiger partial charge is 0.489 e. The van der Waals surface area contributed by atoms with Crippen molar-refractivity contribution in [1.82, 2.24) is 19.7 Å². The van der Waals surface area contributed by atoms with Crippen molar-refractivity contribution in [3.05, 3.63) is 36.4 Å². The molecule has 0 amide bonds. The van der Waals surface area contributed by atoms with Crippen LogP contribution in [0.1, 0.15) is 5.82 Å². The number of para-hydroxylation sites is 2. The third-order valence-electron chi connectivity index (χ3n) is 3.54. The Labute approximate surface area is 123 Å². The average molecular weight is 289 g/mol. The van der Waals surface area contributed by atoms with Crippen LogP contribution in [-0.2, 0) is 13.1 Å². The van der Waals surface area contributed by atoms with Crippen LogP contribution in [0.15, 0.2) is 30.6 Å². The second-order valence-electron chi connectivity index (χ2n) is 5.18. The topological polar surface area (TPSA) is 89.4 Å². The number of anilines is 1. The normalized spacial score (nSPS) is 16.4. The lowest BCUT2D eigenvalue weighted by atomic mass is 10.3. The molecule has 1 aromatic heterocycles. The minimum Gasteiger partial charge on any atom is -0.489 e. The van der Waals surface area contributed by atoms with Crippen LogP contribution in [0.4, 0.5) is 5.69 Å². The number of aromatic nitrogens is 3. The molecule has 0 spiro atoms. The summed E-state index contributed by atoms with van der Waals surface area (Å²) < 4.78 is 7.59. The van der Waals surface area contributed by atoms with Gasteiger partial charge in [-0.25, -0.2) is 0 Å². The SMILES string of the molecule is Nc1ccccc1OCC(O)CN1CCn2cnnc2C1. The molecule has 2 heterocycles. The zero-order chi connectivity index (χ0) is 14.7. The quantitative estimate of drug-likeness (QED) is 0.760. The lowest BCUT2D eigenvalue weighted by molar-refractivity contribution is 0.0585. The van der Waals surface area contributed by atoms with Gasteiger partial charge in [0.1, 0.15) is 30.6 Å². The smallest absolute Gasteiger partial charge is 0.147 e. The van der Waals surface area contributed by atoms with Crippen LogP contribution in [0.5, 0.6) is 5.75 Å². The first-order valence-electron chi connectivity index (χ1n) is 6.97. The Kier molecular flexibility index (Phi) is 4.03. The van der Waals surface area contributed by atoms with Crippen molar-refractivity contribution in [2.45, 2.75) is 19.2 Å². The molecule has 2 aromatic rings. The molecular formula is C14H19N5O2. The first kappa shape index (κ1) is 13.8. The summed E-state index contributed by atoms with van der Waals surface area (Å²) >= 11 is 0. The Morgan fingerprint density at radius 2 is 2.19 bits per heavy atom. The van der Waals surface area contributed by atoms with Crippen molar-refractivity contribution in [2.75, 3.05) is 25.4 Å². The molecule has 21 heavy (non-hydrogen) atoms. The highest BCUT2D eigenvalue weighted by Crippen LogP contribution is 2.20. The predicted molar refractivity (Wildman–Crippen MR) is 77.7 cm³/mol. The number of benzene rings is 1. The number of rotatable bonds is 5. The van der Waals surface area contributed by atoms with E-state index in [1.807, 2.05) is 16.7 Å². The molecule has 1 aromatic carbocycles. The van der Waals surface area contributed by atoms with Crippen LogP contribution in [0.3, 0.4) is 0 Å². The maximum Gasteiger partial charge on any atom is 0.147 e. The van der Waals surface area contributed by atoms with Crippen molar-refractivity contribution in [1.29, 1.82) is 0 Å². The summed E-state index contributed by atoms with van der Waals surface area (Å²) in [6.45, 7) is 3.18. The van der Waals surface area contributed by atoms with Gasteiger partial charge in [-0.05, 0) is 12.1 Å². The van der Waals surface area contributed by atoms with E-state index >= 15 is 0 Å². The van der Waals surface area contributed by atoms with Gasteiger partial charge in [0, 0.05) is 19.6 Å². The summed E-state index contributed by atoms with van der Waals surface area (Å²) in [6.07, 6.45) is 1.17. The number of ether oxygens (including phenoxy) is 1. The Hall–Kier alpha value is -2.12. The van der Waals surface area contributed by atoms with Crippen LogP contribution < -0.4 is 10.5 Å². The molecule has 0 radical (unpaired) electrons. The predicted octanol–water partition coefficient (Wildman–Crippen LogP) is 0.116. The molecule has 1 aliphatic rings. The number of hydrogen-bond acceptors (Lipinski definition) is 6. The molecule has 7 heteroatoms. The van der Waals surface area contributed by atoms with Crippen LogP contribution in [0.25, 0.3) is 0 Å². The summed E-state index contributed by atoms with van der Waals surface area (Å²) in [6, 6.07) is 7.28. The zero-order valence-electron chi connectivity index (χ0n) is 11.7. The van der Waals surface area contributed by atoms with Gasteiger partial charge in [0.05, 0.1) is 12.2 Å². The number of nitrogen functional groups attached to an aromatic ring is 1. The number of aliphatic hydroxyl groups excluding tert-OH is 1. The van der Waals surface area contributed by atoms with E-state index in [0.717, 1.165) is 18.9 Å². The third kappa shape index (κ3) is 3.32. The van der Waals surface area contributed by atoms with E-state index in [0.29, 0.717) is 24.5 Å². The molecule has 0 saturated carbocycles. The number of nitrogens with two attached hydrogens (primary N) is 1. The van der Waals surface area contributed by atoms with Gasteiger partial charge in [-0.3, -0.25) is 4.90 Å². The highest BCUT2D eigenvalue weighted by molar-refractivity contribution is 5.51. The van der Waals surface area contributed by atoms with Crippen molar-refractivity contribution < 1.29 is 9.84 Å². The second-order valence-corrected chi connectivity index (χ2v) is 5.18. The van der Waals surface area contributed by atoms with Crippen LogP contribution in [0, 0.1) is 0 Å². The fraction of sp³-hybridized carbons (Fsp3) is 0.429. The van der Waals surface area contributed by atoms with Crippen LogP contribution in [-0.4, -0.2) is 50.6 Å². The summed E-state index contributed by atoms with van der Waals surface area (Å²) in [5.74, 6) is 1.54. The van der Waals surface area contributed by atoms with Crippen molar-refractivity contribution in [3.63, 3.8) is 0 Å². The van der Waals surface area contributed by atoms with Gasteiger partial charge in [-0.15, -0.1) is 10.2 Å². The second kappa shape index (κ2) is 6.11. The van der Waals surface area contributed by atoms with Gasteiger partial charge >= 0.3 is 0 Å². The standard InChI is InChI=1S/C14H19N5O2/c15-12-3-1-2-4-13(12)21-9-11(20)7-18-5-6-19-10-16-17-14(19)8-18/h1-4,10-11,20H,5-9,15H2. The molecule has 1 atom stereocenters. The number of fused-ring (bicyclic) bond motifs is 1. The van der Waals surface area contributed by atoms with Crippen LogP contribution in [0.2, 0.25) is 0 Å². The molecule has 1 aliphatic heterocycles. The molecule has 3 rings (SSSR count). The Morgan fingerprint density at radius 1 is 1.33 bits per heavy atom. The maximum absolute atomic E-state index is 10.1. The van der Waals surface area contributed by atoms with Gasteiger partial charge in [-0.2, -0.15) is 0 Å².